The quantitative estimate of drug-likeness (QED) is 0.320. The highest BCUT2D eigenvalue weighted by atomic mass is 16.5. The molecule has 1 aromatic rings. The van der Waals surface area contributed by atoms with Gasteiger partial charge in [0.05, 0.1) is 13.2 Å². The fourth-order valence-electron chi connectivity index (χ4n) is 2.29. The highest BCUT2D eigenvalue weighted by Crippen LogP contribution is 2.20. The maximum absolute atomic E-state index is 5.88. The van der Waals surface area contributed by atoms with Crippen molar-refractivity contribution >= 4 is 5.96 Å². The van der Waals surface area contributed by atoms with E-state index in [9.17, 15) is 0 Å². The lowest BCUT2D eigenvalue weighted by Gasteiger charge is -2.15. The van der Waals surface area contributed by atoms with Gasteiger partial charge in [-0.2, -0.15) is 0 Å². The number of aliphatic imine (C=N–C) groups is 1. The average molecular weight is 366 g/mol. The second-order valence-electron chi connectivity index (χ2n) is 5.98. The molecule has 0 aliphatic carbocycles. The Morgan fingerprint density at radius 1 is 1.04 bits per heavy atom. The number of hydrogen-bond acceptors (Lipinski definition) is 4. The maximum atomic E-state index is 5.88. The van der Waals surface area contributed by atoms with Crippen LogP contribution in [0.1, 0.15) is 37.8 Å². The van der Waals surface area contributed by atoms with E-state index < -0.39 is 0 Å². The molecule has 2 N–H and O–H groups in total. The van der Waals surface area contributed by atoms with E-state index in [-0.39, 0.29) is 0 Å². The smallest absolute Gasteiger partial charge is 0.191 e. The molecule has 0 heterocycles. The number of nitrogens with one attached hydrogen (secondary N) is 2. The van der Waals surface area contributed by atoms with Gasteiger partial charge >= 0.3 is 0 Å². The summed E-state index contributed by atoms with van der Waals surface area (Å²) in [6.07, 6.45) is 2.26. The van der Waals surface area contributed by atoms with Crippen LogP contribution in [0.3, 0.4) is 0 Å². The van der Waals surface area contributed by atoms with Crippen molar-refractivity contribution in [3.05, 3.63) is 29.3 Å². The molecular formula is C20H35N3O3. The molecule has 0 amide bonds. The molecule has 0 aliphatic rings. The number of unbranched alkanes of at least 4 members (excludes halogenated alkanes) is 1. The first kappa shape index (κ1) is 22.3. The second-order valence-corrected chi connectivity index (χ2v) is 5.98. The SMILES string of the molecule is CCCCOCCNC(=NC)NCc1ccc(C)cc1OCCOCC. The summed E-state index contributed by atoms with van der Waals surface area (Å²) in [7, 11) is 1.77. The standard InChI is InChI=1S/C20H35N3O3/c1-5-7-11-25-12-10-22-20(21-4)23-16-18-9-8-17(3)15-19(18)26-14-13-24-6-2/h8-9,15H,5-7,10-14,16H2,1-4H3,(H2,21,22,23). The average Bonchev–Trinajstić information content (AvgIpc) is 2.65. The number of ether oxygens (including phenoxy) is 3. The summed E-state index contributed by atoms with van der Waals surface area (Å²) in [6, 6.07) is 6.23. The summed E-state index contributed by atoms with van der Waals surface area (Å²) in [5.41, 5.74) is 2.26. The highest BCUT2D eigenvalue weighted by molar-refractivity contribution is 5.79. The van der Waals surface area contributed by atoms with Gasteiger partial charge in [0.25, 0.3) is 0 Å². The third-order valence-corrected chi connectivity index (χ3v) is 3.76. The molecule has 0 unspecified atom stereocenters. The minimum absolute atomic E-state index is 0.548. The lowest BCUT2D eigenvalue weighted by molar-refractivity contribution is 0.110. The van der Waals surface area contributed by atoms with Gasteiger partial charge in [0.1, 0.15) is 12.4 Å². The van der Waals surface area contributed by atoms with Gasteiger partial charge in [0.15, 0.2) is 5.96 Å². The van der Waals surface area contributed by atoms with Crippen molar-refractivity contribution in [1.29, 1.82) is 0 Å². The molecule has 1 rings (SSSR count). The highest BCUT2D eigenvalue weighted by Gasteiger charge is 2.06. The van der Waals surface area contributed by atoms with Crippen LogP contribution in [0.4, 0.5) is 0 Å². The van der Waals surface area contributed by atoms with Gasteiger partial charge in [-0.05, 0) is 31.9 Å². The second kappa shape index (κ2) is 14.4. The van der Waals surface area contributed by atoms with Gasteiger partial charge in [0.2, 0.25) is 0 Å². The van der Waals surface area contributed by atoms with E-state index in [2.05, 4.69) is 47.7 Å². The van der Waals surface area contributed by atoms with Crippen molar-refractivity contribution in [3.8, 4) is 5.75 Å². The molecule has 1 aromatic carbocycles. The topological polar surface area (TPSA) is 64.1 Å². The van der Waals surface area contributed by atoms with Crippen LogP contribution in [0.15, 0.2) is 23.2 Å². The molecular weight excluding hydrogens is 330 g/mol. The van der Waals surface area contributed by atoms with Gasteiger partial charge in [-0.3, -0.25) is 4.99 Å². The largest absolute Gasteiger partial charge is 0.491 e. The van der Waals surface area contributed by atoms with Crippen molar-refractivity contribution in [2.75, 3.05) is 46.6 Å². The Bertz CT molecular complexity index is 521. The van der Waals surface area contributed by atoms with Crippen LogP contribution in [0.25, 0.3) is 0 Å². The zero-order chi connectivity index (χ0) is 19.0. The molecule has 0 fully saturated rings. The number of guanidine groups is 1. The fourth-order valence-corrected chi connectivity index (χ4v) is 2.29. The molecule has 0 atom stereocenters. The fraction of sp³-hybridized carbons (Fsp3) is 0.650. The van der Waals surface area contributed by atoms with Crippen LogP contribution in [0.5, 0.6) is 5.75 Å². The van der Waals surface area contributed by atoms with E-state index in [0.29, 0.717) is 33.0 Å². The summed E-state index contributed by atoms with van der Waals surface area (Å²) >= 11 is 0. The Morgan fingerprint density at radius 3 is 2.62 bits per heavy atom. The van der Waals surface area contributed by atoms with Crippen LogP contribution >= 0.6 is 0 Å². The predicted molar refractivity (Wildman–Crippen MR) is 107 cm³/mol. The normalized spacial score (nSPS) is 11.5. The molecule has 148 valence electrons. The van der Waals surface area contributed by atoms with Crippen molar-refractivity contribution < 1.29 is 14.2 Å². The predicted octanol–water partition coefficient (Wildman–Crippen LogP) is 2.89. The summed E-state index contributed by atoms with van der Waals surface area (Å²) in [5, 5.41) is 6.58. The van der Waals surface area contributed by atoms with Gasteiger partial charge in [0, 0.05) is 38.9 Å². The molecule has 26 heavy (non-hydrogen) atoms. The third-order valence-electron chi connectivity index (χ3n) is 3.76. The van der Waals surface area contributed by atoms with Gasteiger partial charge in [-0.15, -0.1) is 0 Å². The van der Waals surface area contributed by atoms with Crippen LogP contribution in [-0.2, 0) is 16.0 Å². The van der Waals surface area contributed by atoms with Gasteiger partial charge in [-0.25, -0.2) is 0 Å². The summed E-state index contributed by atoms with van der Waals surface area (Å²) in [6.45, 7) is 10.9. The van der Waals surface area contributed by atoms with E-state index in [4.69, 9.17) is 14.2 Å². The first-order valence-electron chi connectivity index (χ1n) is 9.53. The maximum Gasteiger partial charge on any atom is 0.191 e. The summed E-state index contributed by atoms with van der Waals surface area (Å²) < 4.78 is 16.8. The monoisotopic (exact) mass is 365 g/mol. The van der Waals surface area contributed by atoms with E-state index >= 15 is 0 Å². The van der Waals surface area contributed by atoms with Gasteiger partial charge < -0.3 is 24.8 Å². The lowest BCUT2D eigenvalue weighted by Crippen LogP contribution is -2.38. The first-order chi connectivity index (χ1) is 12.7. The van der Waals surface area contributed by atoms with Crippen molar-refractivity contribution in [2.24, 2.45) is 4.99 Å². The minimum Gasteiger partial charge on any atom is -0.491 e. The molecule has 0 aromatic heterocycles. The first-order valence-corrected chi connectivity index (χ1v) is 9.53. The Kier molecular flexibility index (Phi) is 12.3. The zero-order valence-corrected chi connectivity index (χ0v) is 16.8. The van der Waals surface area contributed by atoms with Crippen LogP contribution < -0.4 is 15.4 Å². The number of rotatable bonds is 13. The van der Waals surface area contributed by atoms with E-state index in [1.165, 1.54) is 5.56 Å². The number of aryl methyl sites for hydroxylation is 1. The van der Waals surface area contributed by atoms with Crippen LogP contribution in [-0.4, -0.2) is 52.6 Å². The van der Waals surface area contributed by atoms with Gasteiger partial charge in [-0.1, -0.05) is 25.5 Å². The van der Waals surface area contributed by atoms with Crippen molar-refractivity contribution in [3.63, 3.8) is 0 Å². The number of nitrogens with zero attached hydrogens (tertiary/aromatic N) is 1. The molecule has 0 spiro atoms. The van der Waals surface area contributed by atoms with E-state index in [1.54, 1.807) is 7.05 Å². The van der Waals surface area contributed by atoms with Crippen molar-refractivity contribution in [1.82, 2.24) is 10.6 Å². The molecule has 0 aliphatic heterocycles. The Labute approximate surface area is 158 Å². The zero-order valence-electron chi connectivity index (χ0n) is 16.8. The lowest BCUT2D eigenvalue weighted by atomic mass is 10.1. The third kappa shape index (κ3) is 9.63. The van der Waals surface area contributed by atoms with Crippen molar-refractivity contribution in [2.45, 2.75) is 40.2 Å². The Hall–Kier alpha value is -1.79. The Balaban J connectivity index is 2.43. The molecule has 6 nitrogen and oxygen atoms in total. The molecule has 0 saturated heterocycles. The molecule has 0 radical (unpaired) electrons. The number of hydrogen-bond donors (Lipinski definition) is 2. The summed E-state index contributed by atoms with van der Waals surface area (Å²) in [4.78, 5) is 4.25. The minimum atomic E-state index is 0.548. The van der Waals surface area contributed by atoms with E-state index in [0.717, 1.165) is 43.3 Å². The van der Waals surface area contributed by atoms with Crippen LogP contribution in [0.2, 0.25) is 0 Å². The molecule has 0 bridgehead atoms. The molecule has 6 heteroatoms. The molecule has 0 saturated carbocycles. The number of benzene rings is 1. The summed E-state index contributed by atoms with van der Waals surface area (Å²) in [5.74, 6) is 1.64. The Morgan fingerprint density at radius 2 is 1.88 bits per heavy atom. The van der Waals surface area contributed by atoms with E-state index in [1.807, 2.05) is 6.92 Å². The van der Waals surface area contributed by atoms with Crippen LogP contribution in [0, 0.1) is 6.92 Å².